The second-order valence-corrected chi connectivity index (χ2v) is 5.71. The number of aryl methyl sites for hydroxylation is 3. The summed E-state index contributed by atoms with van der Waals surface area (Å²) in [5.41, 5.74) is 1.71. The molecular weight excluding hydrogens is 306 g/mol. The van der Waals surface area contributed by atoms with Crippen molar-refractivity contribution in [1.82, 2.24) is 18.9 Å². The Labute approximate surface area is 139 Å². The summed E-state index contributed by atoms with van der Waals surface area (Å²) in [4.78, 5) is 24.8. The van der Waals surface area contributed by atoms with Crippen LogP contribution in [0.3, 0.4) is 0 Å². The summed E-state index contributed by atoms with van der Waals surface area (Å²) in [6.45, 7) is 3.06. The molecule has 126 valence electrons. The highest BCUT2D eigenvalue weighted by Crippen LogP contribution is 2.14. The molecule has 0 bridgehead atoms. The molecule has 1 aromatic carbocycles. The van der Waals surface area contributed by atoms with Crippen molar-refractivity contribution in [2.75, 3.05) is 5.32 Å². The lowest BCUT2D eigenvalue weighted by molar-refractivity contribution is -0.116. The molecule has 0 unspecified atom stereocenters. The lowest BCUT2D eigenvalue weighted by Crippen LogP contribution is -2.26. The van der Waals surface area contributed by atoms with Crippen molar-refractivity contribution in [3.63, 3.8) is 0 Å². The quantitative estimate of drug-likeness (QED) is 0.752. The summed E-state index contributed by atoms with van der Waals surface area (Å²) in [5, 5.41) is 6.81. The number of imidazole rings is 1. The topological polar surface area (TPSA) is 73.8 Å². The number of aromatic nitrogens is 4. The highest BCUT2D eigenvalue weighted by molar-refractivity contribution is 5.89. The van der Waals surface area contributed by atoms with Gasteiger partial charge in [-0.05, 0) is 18.6 Å². The number of para-hydroxylation sites is 2. The first-order chi connectivity index (χ1) is 11.6. The van der Waals surface area contributed by atoms with Crippen molar-refractivity contribution < 1.29 is 4.79 Å². The van der Waals surface area contributed by atoms with E-state index in [9.17, 15) is 9.59 Å². The maximum absolute atomic E-state index is 12.6. The molecule has 7 nitrogen and oxygen atoms in total. The van der Waals surface area contributed by atoms with Gasteiger partial charge in [0.1, 0.15) is 5.82 Å². The Morgan fingerprint density at radius 2 is 1.79 bits per heavy atom. The van der Waals surface area contributed by atoms with Crippen molar-refractivity contribution in [2.24, 2.45) is 7.05 Å². The minimum Gasteiger partial charge on any atom is -0.311 e. The number of amides is 1. The van der Waals surface area contributed by atoms with Gasteiger partial charge in [-0.1, -0.05) is 19.1 Å². The second-order valence-electron chi connectivity index (χ2n) is 5.71. The predicted molar refractivity (Wildman–Crippen MR) is 92.9 cm³/mol. The van der Waals surface area contributed by atoms with Gasteiger partial charge in [-0.3, -0.25) is 18.6 Å². The van der Waals surface area contributed by atoms with Crippen LogP contribution < -0.4 is 11.0 Å². The van der Waals surface area contributed by atoms with E-state index in [1.165, 1.54) is 0 Å². The fourth-order valence-electron chi connectivity index (χ4n) is 2.84. The Morgan fingerprint density at radius 1 is 1.12 bits per heavy atom. The van der Waals surface area contributed by atoms with Crippen LogP contribution in [0.1, 0.15) is 19.8 Å². The van der Waals surface area contributed by atoms with Crippen LogP contribution in [-0.4, -0.2) is 24.8 Å². The van der Waals surface area contributed by atoms with Gasteiger partial charge in [0, 0.05) is 32.6 Å². The van der Waals surface area contributed by atoms with Crippen molar-refractivity contribution in [2.45, 2.75) is 32.9 Å². The van der Waals surface area contributed by atoms with E-state index >= 15 is 0 Å². The van der Waals surface area contributed by atoms with Gasteiger partial charge in [0.15, 0.2) is 0 Å². The molecule has 3 rings (SSSR count). The number of anilines is 1. The zero-order chi connectivity index (χ0) is 17.1. The van der Waals surface area contributed by atoms with Crippen molar-refractivity contribution in [3.05, 3.63) is 47.0 Å². The smallest absolute Gasteiger partial charge is 0.311 e. The minimum atomic E-state index is -0.141. The maximum Gasteiger partial charge on any atom is 0.329 e. The predicted octanol–water partition coefficient (Wildman–Crippen LogP) is 1.98. The van der Waals surface area contributed by atoms with Gasteiger partial charge < -0.3 is 5.32 Å². The molecule has 0 fully saturated rings. The number of hydrogen-bond acceptors (Lipinski definition) is 3. The summed E-state index contributed by atoms with van der Waals surface area (Å²) >= 11 is 0. The monoisotopic (exact) mass is 327 g/mol. The minimum absolute atomic E-state index is 0.0635. The number of nitrogens with one attached hydrogen (secondary N) is 1. The Bertz CT molecular complexity index is 919. The number of hydrogen-bond donors (Lipinski definition) is 1. The maximum atomic E-state index is 12.6. The molecule has 0 aliphatic carbocycles. The van der Waals surface area contributed by atoms with E-state index in [1.807, 2.05) is 31.2 Å². The first-order valence-corrected chi connectivity index (χ1v) is 8.07. The summed E-state index contributed by atoms with van der Waals surface area (Å²) in [6, 6.07) is 9.43. The Kier molecular flexibility index (Phi) is 4.50. The summed E-state index contributed by atoms with van der Waals surface area (Å²) in [5.74, 6) is 0.499. The molecular formula is C17H21N5O2. The van der Waals surface area contributed by atoms with E-state index < -0.39 is 0 Å². The summed E-state index contributed by atoms with van der Waals surface area (Å²) < 4.78 is 5.04. The van der Waals surface area contributed by atoms with Crippen molar-refractivity contribution >= 4 is 22.8 Å². The van der Waals surface area contributed by atoms with Gasteiger partial charge in [0.25, 0.3) is 0 Å². The van der Waals surface area contributed by atoms with Crippen LogP contribution in [-0.2, 0) is 24.9 Å². The molecule has 7 heteroatoms. The molecule has 24 heavy (non-hydrogen) atoms. The van der Waals surface area contributed by atoms with Gasteiger partial charge in [0.05, 0.1) is 17.2 Å². The largest absolute Gasteiger partial charge is 0.329 e. The third-order valence-electron chi connectivity index (χ3n) is 4.02. The van der Waals surface area contributed by atoms with Crippen LogP contribution in [0.5, 0.6) is 0 Å². The van der Waals surface area contributed by atoms with Gasteiger partial charge >= 0.3 is 5.69 Å². The third kappa shape index (κ3) is 2.97. The summed E-state index contributed by atoms with van der Waals surface area (Å²) in [7, 11) is 1.76. The van der Waals surface area contributed by atoms with Gasteiger partial charge in [-0.15, -0.1) is 0 Å². The fraction of sp³-hybridized carbons (Fsp3) is 0.353. The SMILES string of the molecule is CCCn1c(=O)n(CCC(=O)Nc2ccnn2C)c2ccccc21. The molecule has 0 saturated carbocycles. The van der Waals surface area contributed by atoms with Crippen LogP contribution in [0.2, 0.25) is 0 Å². The average molecular weight is 327 g/mol. The van der Waals surface area contributed by atoms with Gasteiger partial charge in [-0.2, -0.15) is 5.10 Å². The summed E-state index contributed by atoms with van der Waals surface area (Å²) in [6.07, 6.45) is 2.73. The van der Waals surface area contributed by atoms with E-state index in [-0.39, 0.29) is 18.0 Å². The van der Waals surface area contributed by atoms with Crippen LogP contribution in [0, 0.1) is 0 Å². The van der Waals surface area contributed by atoms with Crippen molar-refractivity contribution in [1.29, 1.82) is 0 Å². The lowest BCUT2D eigenvalue weighted by Gasteiger charge is -2.06. The molecule has 0 aliphatic rings. The molecule has 0 radical (unpaired) electrons. The third-order valence-corrected chi connectivity index (χ3v) is 4.02. The van der Waals surface area contributed by atoms with Crippen LogP contribution >= 0.6 is 0 Å². The molecule has 0 spiro atoms. The lowest BCUT2D eigenvalue weighted by atomic mass is 10.3. The van der Waals surface area contributed by atoms with E-state index in [0.29, 0.717) is 18.9 Å². The average Bonchev–Trinajstić information content (AvgIpc) is 3.09. The standard InChI is InChI=1S/C17H21N5O2/c1-3-11-21-13-6-4-5-7-14(13)22(17(21)24)12-9-16(23)19-15-8-10-18-20(15)2/h4-8,10H,3,9,11-12H2,1-2H3,(H,19,23). The van der Waals surface area contributed by atoms with E-state index in [4.69, 9.17) is 0 Å². The van der Waals surface area contributed by atoms with Crippen LogP contribution in [0.25, 0.3) is 11.0 Å². The van der Waals surface area contributed by atoms with Crippen LogP contribution in [0.15, 0.2) is 41.3 Å². The van der Waals surface area contributed by atoms with Gasteiger partial charge in [0.2, 0.25) is 5.91 Å². The Hall–Kier alpha value is -2.83. The van der Waals surface area contributed by atoms with E-state index in [1.54, 1.807) is 33.1 Å². The molecule has 0 saturated heterocycles. The molecule has 0 aliphatic heterocycles. The number of nitrogens with zero attached hydrogens (tertiary/aromatic N) is 4. The molecule has 2 heterocycles. The zero-order valence-electron chi connectivity index (χ0n) is 13.9. The Morgan fingerprint density at radius 3 is 2.38 bits per heavy atom. The normalized spacial score (nSPS) is 11.1. The number of fused-ring (bicyclic) bond motifs is 1. The van der Waals surface area contributed by atoms with E-state index in [2.05, 4.69) is 10.4 Å². The van der Waals surface area contributed by atoms with Crippen molar-refractivity contribution in [3.8, 4) is 0 Å². The molecule has 1 amide bonds. The zero-order valence-corrected chi connectivity index (χ0v) is 13.9. The second kappa shape index (κ2) is 6.74. The highest BCUT2D eigenvalue weighted by atomic mass is 16.2. The first kappa shape index (κ1) is 16.0. The molecule has 0 atom stereocenters. The fourth-order valence-corrected chi connectivity index (χ4v) is 2.84. The number of carbonyl (C=O) groups is 1. The number of benzene rings is 1. The highest BCUT2D eigenvalue weighted by Gasteiger charge is 2.13. The molecule has 1 N–H and O–H groups in total. The van der Waals surface area contributed by atoms with Gasteiger partial charge in [-0.25, -0.2) is 4.79 Å². The van der Waals surface area contributed by atoms with E-state index in [0.717, 1.165) is 17.5 Å². The molecule has 3 aromatic rings. The van der Waals surface area contributed by atoms with Crippen LogP contribution in [0.4, 0.5) is 5.82 Å². The first-order valence-electron chi connectivity index (χ1n) is 8.07. The number of rotatable bonds is 6. The molecule has 2 aromatic heterocycles. The Balaban J connectivity index is 1.80. The number of carbonyl (C=O) groups excluding carboxylic acids is 1.